The van der Waals surface area contributed by atoms with E-state index < -0.39 is 11.9 Å². The van der Waals surface area contributed by atoms with Crippen LogP contribution in [-0.4, -0.2) is 18.5 Å². The highest BCUT2D eigenvalue weighted by molar-refractivity contribution is 5.98. The number of hydrogen-bond donors (Lipinski definition) is 0. The summed E-state index contributed by atoms with van der Waals surface area (Å²) in [5.41, 5.74) is 1.50. The predicted molar refractivity (Wildman–Crippen MR) is 85.7 cm³/mol. The lowest BCUT2D eigenvalue weighted by molar-refractivity contribution is 0.0527. The van der Waals surface area contributed by atoms with Gasteiger partial charge in [0, 0.05) is 6.08 Å². The Morgan fingerprint density at radius 1 is 1.09 bits per heavy atom. The molecule has 4 heteroatoms. The lowest BCUT2D eigenvalue weighted by atomic mass is 10.2. The Bertz CT molecular complexity index is 690. The molecule has 22 heavy (non-hydrogen) atoms. The van der Waals surface area contributed by atoms with E-state index in [0.29, 0.717) is 5.69 Å². The zero-order valence-electron chi connectivity index (χ0n) is 12.2. The summed E-state index contributed by atoms with van der Waals surface area (Å²) in [5.74, 6) is -0.915. The van der Waals surface area contributed by atoms with Gasteiger partial charge < -0.3 is 4.74 Å². The van der Waals surface area contributed by atoms with Gasteiger partial charge in [0.15, 0.2) is 0 Å². The van der Waals surface area contributed by atoms with Crippen molar-refractivity contribution in [3.05, 3.63) is 71.8 Å². The molecule has 0 saturated carbocycles. The van der Waals surface area contributed by atoms with Crippen molar-refractivity contribution in [1.29, 1.82) is 0 Å². The average molecular weight is 294 g/mol. The van der Waals surface area contributed by atoms with Crippen LogP contribution >= 0.6 is 0 Å². The van der Waals surface area contributed by atoms with E-state index in [9.17, 15) is 9.90 Å². The maximum atomic E-state index is 11.9. The fourth-order valence-corrected chi connectivity index (χ4v) is 1.84. The van der Waals surface area contributed by atoms with E-state index in [4.69, 9.17) is 4.74 Å². The van der Waals surface area contributed by atoms with Gasteiger partial charge in [-0.15, -0.1) is 0 Å². The molecule has 0 saturated heterocycles. The minimum Gasteiger partial charge on any atom is -0.462 e. The highest BCUT2D eigenvalue weighted by Crippen LogP contribution is 2.20. The molecule has 2 aromatic rings. The third kappa shape index (κ3) is 4.31. The first-order valence-electron chi connectivity index (χ1n) is 6.95. The molecule has 0 spiro atoms. The molecule has 2 aromatic carbocycles. The Hall–Kier alpha value is -2.88. The van der Waals surface area contributed by atoms with E-state index in [2.05, 4.69) is 4.99 Å². The lowest BCUT2D eigenvalue weighted by Gasteiger charge is -2.04. The highest BCUT2D eigenvalue weighted by Gasteiger charge is 2.11. The number of ether oxygens (including phenoxy) is 1. The van der Waals surface area contributed by atoms with Crippen molar-refractivity contribution >= 4 is 23.6 Å². The van der Waals surface area contributed by atoms with Crippen molar-refractivity contribution < 1.29 is 14.6 Å². The topological polar surface area (TPSA) is 58.6 Å². The van der Waals surface area contributed by atoms with Gasteiger partial charge in [0.25, 0.3) is 5.90 Å². The van der Waals surface area contributed by atoms with Crippen LogP contribution < -0.4 is 0 Å². The van der Waals surface area contributed by atoms with Crippen molar-refractivity contribution in [2.24, 2.45) is 4.99 Å². The Balaban J connectivity index is 2.21. The highest BCUT2D eigenvalue weighted by atomic mass is 16.5. The van der Waals surface area contributed by atoms with Crippen molar-refractivity contribution in [3.63, 3.8) is 0 Å². The summed E-state index contributed by atoms with van der Waals surface area (Å²) in [6.45, 7) is 2.00. The molecule has 0 amide bonds. The summed E-state index contributed by atoms with van der Waals surface area (Å²) in [4.78, 5) is 15.8. The van der Waals surface area contributed by atoms with Gasteiger partial charge in [-0.3, -0.25) is 5.11 Å². The summed E-state index contributed by atoms with van der Waals surface area (Å²) in [5, 5.41) is 11.9. The van der Waals surface area contributed by atoms with Crippen molar-refractivity contribution in [3.8, 4) is 0 Å². The van der Waals surface area contributed by atoms with Crippen LogP contribution in [0.1, 0.15) is 22.8 Å². The Morgan fingerprint density at radius 3 is 2.50 bits per heavy atom. The fourth-order valence-electron chi connectivity index (χ4n) is 1.84. The van der Waals surface area contributed by atoms with E-state index in [-0.39, 0.29) is 12.2 Å². The van der Waals surface area contributed by atoms with Crippen molar-refractivity contribution in [2.45, 2.75) is 6.92 Å². The molecule has 2 rings (SSSR count). The largest absolute Gasteiger partial charge is 0.462 e. The number of carbonyl (C=O) groups excluding carboxylic acids is 1. The number of nitrogens with zero attached hydrogens (tertiary/aromatic N) is 1. The smallest absolute Gasteiger partial charge is 0.340 e. The number of para-hydroxylation sites is 1. The Morgan fingerprint density at radius 2 is 1.77 bits per heavy atom. The summed E-state index contributed by atoms with van der Waals surface area (Å²) < 4.78 is 4.95. The van der Waals surface area contributed by atoms with Gasteiger partial charge in [-0.1, -0.05) is 42.5 Å². The summed E-state index contributed by atoms with van der Waals surface area (Å²) in [7, 11) is 0. The van der Waals surface area contributed by atoms with Gasteiger partial charge in [0.05, 0.1) is 17.9 Å². The molecule has 0 fully saturated rings. The normalized spacial score (nSPS) is 11.6. The standard InChI is InChI=1S/C18H16NO3/c1-2-22-18(21)15-10-6-7-11-16(15)19-17(20)13-12-14-8-4-3-5-9-14/h3-13H,2H2,1H3/b13-12+,19-17?. The van der Waals surface area contributed by atoms with E-state index in [1.807, 2.05) is 30.3 Å². The van der Waals surface area contributed by atoms with Crippen molar-refractivity contribution in [1.82, 2.24) is 0 Å². The number of hydrogen-bond acceptors (Lipinski definition) is 3. The number of esters is 1. The Labute approximate surface area is 129 Å². The van der Waals surface area contributed by atoms with Crippen LogP contribution in [0.2, 0.25) is 0 Å². The zero-order valence-corrected chi connectivity index (χ0v) is 12.2. The Kier molecular flexibility index (Phi) is 5.49. The van der Waals surface area contributed by atoms with Crippen LogP contribution in [0, 0.1) is 0 Å². The first-order valence-corrected chi connectivity index (χ1v) is 6.95. The fraction of sp³-hybridized carbons (Fsp3) is 0.111. The SMILES string of the molecule is CCOC(=O)c1ccccc1N=C([O])/C=C/c1ccccc1. The molecule has 4 nitrogen and oxygen atoms in total. The quantitative estimate of drug-likeness (QED) is 0.475. The lowest BCUT2D eigenvalue weighted by Crippen LogP contribution is -2.05. The molecule has 111 valence electrons. The zero-order chi connectivity index (χ0) is 15.8. The first-order chi connectivity index (χ1) is 10.7. The first kappa shape index (κ1) is 15.5. The number of aliphatic imine (C=N–C) groups is 1. The minimum atomic E-state index is -0.485. The van der Waals surface area contributed by atoms with Gasteiger partial charge in [-0.05, 0) is 30.7 Å². The summed E-state index contributed by atoms with van der Waals surface area (Å²) >= 11 is 0. The second kappa shape index (κ2) is 7.78. The van der Waals surface area contributed by atoms with E-state index in [1.54, 1.807) is 37.3 Å². The van der Waals surface area contributed by atoms with Crippen LogP contribution in [0.3, 0.4) is 0 Å². The second-order valence-electron chi connectivity index (χ2n) is 4.43. The molecular formula is C18H16NO3. The molecule has 0 aliphatic heterocycles. The van der Waals surface area contributed by atoms with E-state index in [0.717, 1.165) is 5.56 Å². The monoisotopic (exact) mass is 294 g/mol. The van der Waals surface area contributed by atoms with Gasteiger partial charge >= 0.3 is 5.97 Å². The molecule has 0 heterocycles. The van der Waals surface area contributed by atoms with Crippen LogP contribution in [0.5, 0.6) is 0 Å². The van der Waals surface area contributed by atoms with Crippen LogP contribution in [0.25, 0.3) is 6.08 Å². The molecular weight excluding hydrogens is 278 g/mol. The average Bonchev–Trinajstić information content (AvgIpc) is 2.54. The van der Waals surface area contributed by atoms with Crippen LogP contribution in [-0.2, 0) is 9.84 Å². The van der Waals surface area contributed by atoms with Gasteiger partial charge in [0.2, 0.25) is 0 Å². The second-order valence-corrected chi connectivity index (χ2v) is 4.43. The number of rotatable bonds is 5. The molecule has 0 unspecified atom stereocenters. The predicted octanol–water partition coefficient (Wildman–Crippen LogP) is 4.04. The third-order valence-electron chi connectivity index (χ3n) is 2.85. The molecule has 0 N–H and O–H groups in total. The molecule has 0 aromatic heterocycles. The number of benzene rings is 2. The minimum absolute atomic E-state index is 0.273. The van der Waals surface area contributed by atoms with Crippen LogP contribution in [0.15, 0.2) is 65.7 Å². The van der Waals surface area contributed by atoms with Crippen molar-refractivity contribution in [2.75, 3.05) is 6.61 Å². The van der Waals surface area contributed by atoms with Crippen LogP contribution in [0.4, 0.5) is 5.69 Å². The summed E-state index contributed by atoms with van der Waals surface area (Å²) in [6.07, 6.45) is 3.05. The molecule has 0 atom stereocenters. The molecule has 0 bridgehead atoms. The van der Waals surface area contributed by atoms with E-state index in [1.165, 1.54) is 6.08 Å². The molecule has 0 aliphatic carbocycles. The van der Waals surface area contributed by atoms with E-state index >= 15 is 0 Å². The molecule has 0 aliphatic rings. The third-order valence-corrected chi connectivity index (χ3v) is 2.85. The van der Waals surface area contributed by atoms with Gasteiger partial charge in [-0.2, -0.15) is 0 Å². The number of carbonyl (C=O) groups is 1. The van der Waals surface area contributed by atoms with Gasteiger partial charge in [0.1, 0.15) is 0 Å². The molecule has 1 radical (unpaired) electrons. The maximum absolute atomic E-state index is 11.9. The maximum Gasteiger partial charge on any atom is 0.340 e. The van der Waals surface area contributed by atoms with Gasteiger partial charge in [-0.25, -0.2) is 9.79 Å². The summed E-state index contributed by atoms with van der Waals surface area (Å²) in [6, 6.07) is 16.1.